The van der Waals surface area contributed by atoms with E-state index < -0.39 is 0 Å². The molecule has 0 fully saturated rings. The van der Waals surface area contributed by atoms with Crippen molar-refractivity contribution in [3.63, 3.8) is 0 Å². The number of carbonyl (C=O) groups is 2. The number of amides is 2. The number of benzene rings is 3. The van der Waals surface area contributed by atoms with E-state index in [1.165, 1.54) is 0 Å². The highest BCUT2D eigenvalue weighted by atomic mass is 16.5. The molecular weight excluding hydrogens is 452 g/mol. The average molecular weight is 483 g/mol. The van der Waals surface area contributed by atoms with Gasteiger partial charge in [0.2, 0.25) is 0 Å². The number of ether oxygens (including phenoxy) is 1. The predicted octanol–water partition coefficient (Wildman–Crippen LogP) is 5.05. The molecule has 3 aromatic carbocycles. The first-order chi connectivity index (χ1) is 17.4. The summed E-state index contributed by atoms with van der Waals surface area (Å²) in [6, 6.07) is 22.7. The van der Waals surface area contributed by atoms with Gasteiger partial charge in [0.25, 0.3) is 11.8 Å². The summed E-state index contributed by atoms with van der Waals surface area (Å²) in [7, 11) is 1.61. The zero-order chi connectivity index (χ0) is 25.7. The maximum Gasteiger partial charge on any atom is 0.255 e. The molecule has 184 valence electrons. The van der Waals surface area contributed by atoms with Crippen molar-refractivity contribution in [3.8, 4) is 5.75 Å². The van der Waals surface area contributed by atoms with Gasteiger partial charge in [0, 0.05) is 18.2 Å². The maximum atomic E-state index is 13.0. The van der Waals surface area contributed by atoms with Crippen LogP contribution in [0.3, 0.4) is 0 Å². The molecule has 2 amide bonds. The second-order valence-electron chi connectivity index (χ2n) is 8.69. The monoisotopic (exact) mass is 482 g/mol. The molecule has 0 aliphatic rings. The van der Waals surface area contributed by atoms with Crippen LogP contribution in [0.25, 0.3) is 0 Å². The fourth-order valence-electron chi connectivity index (χ4n) is 3.98. The van der Waals surface area contributed by atoms with Crippen molar-refractivity contribution in [1.82, 2.24) is 15.1 Å². The molecule has 0 aliphatic heterocycles. The molecule has 7 heteroatoms. The number of anilines is 1. The standard InChI is InChI=1S/C29H30N4O3/c1-19-8-5-6-11-26(19)36-18-22-12-14-24(15-13-22)29(35)31-27-20(2)32-33(21(27)3)17-23-9-7-10-25(16-23)28(34)30-4/h5-16H,17-18H2,1-4H3,(H,30,34)(H,31,35). The van der Waals surface area contributed by atoms with E-state index in [0.29, 0.717) is 30.0 Å². The number of para-hydroxylation sites is 1. The Labute approximate surface area is 211 Å². The molecule has 0 saturated carbocycles. The topological polar surface area (TPSA) is 85.3 Å². The minimum atomic E-state index is -0.200. The summed E-state index contributed by atoms with van der Waals surface area (Å²) >= 11 is 0. The van der Waals surface area contributed by atoms with Crippen molar-refractivity contribution >= 4 is 17.5 Å². The Bertz CT molecular complexity index is 1390. The Morgan fingerprint density at radius 2 is 1.61 bits per heavy atom. The summed E-state index contributed by atoms with van der Waals surface area (Å²) in [5, 5.41) is 10.3. The summed E-state index contributed by atoms with van der Waals surface area (Å²) < 4.78 is 7.73. The molecule has 36 heavy (non-hydrogen) atoms. The van der Waals surface area contributed by atoms with E-state index in [0.717, 1.165) is 33.8 Å². The third-order valence-corrected chi connectivity index (χ3v) is 6.07. The van der Waals surface area contributed by atoms with Gasteiger partial charge in [-0.25, -0.2) is 0 Å². The molecular formula is C29H30N4O3. The molecule has 0 atom stereocenters. The molecule has 1 heterocycles. The third kappa shape index (κ3) is 5.63. The van der Waals surface area contributed by atoms with Crippen LogP contribution in [0.4, 0.5) is 5.69 Å². The molecule has 0 bridgehead atoms. The van der Waals surface area contributed by atoms with Crippen molar-refractivity contribution in [1.29, 1.82) is 0 Å². The molecule has 4 rings (SSSR count). The molecule has 1 aromatic heterocycles. The Hall–Kier alpha value is -4.39. The summed E-state index contributed by atoms with van der Waals surface area (Å²) in [5.74, 6) is 0.516. The van der Waals surface area contributed by atoms with E-state index >= 15 is 0 Å². The van der Waals surface area contributed by atoms with Crippen molar-refractivity contribution in [2.75, 3.05) is 12.4 Å². The van der Waals surface area contributed by atoms with Crippen LogP contribution in [0, 0.1) is 20.8 Å². The maximum absolute atomic E-state index is 13.0. The van der Waals surface area contributed by atoms with Crippen LogP contribution in [-0.4, -0.2) is 28.6 Å². The van der Waals surface area contributed by atoms with Gasteiger partial charge in [0.05, 0.1) is 23.6 Å². The molecule has 7 nitrogen and oxygen atoms in total. The first-order valence-electron chi connectivity index (χ1n) is 11.8. The molecule has 2 N–H and O–H groups in total. The van der Waals surface area contributed by atoms with Crippen molar-refractivity contribution in [3.05, 3.63) is 112 Å². The highest BCUT2D eigenvalue weighted by Gasteiger charge is 2.16. The van der Waals surface area contributed by atoms with Crippen molar-refractivity contribution in [2.45, 2.75) is 33.9 Å². The van der Waals surface area contributed by atoms with Crippen molar-refractivity contribution in [2.24, 2.45) is 0 Å². The SMILES string of the molecule is CNC(=O)c1cccc(Cn2nc(C)c(NC(=O)c3ccc(COc4ccccc4C)cc3)c2C)c1. The minimum absolute atomic E-state index is 0.133. The van der Waals surface area contributed by atoms with Gasteiger partial charge in [-0.3, -0.25) is 14.3 Å². The number of aryl methyl sites for hydroxylation is 2. The van der Waals surface area contributed by atoms with Crippen LogP contribution < -0.4 is 15.4 Å². The Kier molecular flexibility index (Phi) is 7.49. The van der Waals surface area contributed by atoms with E-state index in [9.17, 15) is 9.59 Å². The quantitative estimate of drug-likeness (QED) is 0.368. The molecule has 0 unspecified atom stereocenters. The molecule has 0 saturated heterocycles. The number of carbonyl (C=O) groups excluding carboxylic acids is 2. The largest absolute Gasteiger partial charge is 0.489 e. The lowest BCUT2D eigenvalue weighted by molar-refractivity contribution is 0.0962. The number of nitrogens with zero attached hydrogens (tertiary/aromatic N) is 2. The van der Waals surface area contributed by atoms with E-state index in [1.807, 2.05) is 80.1 Å². The second-order valence-corrected chi connectivity index (χ2v) is 8.69. The number of hydrogen-bond donors (Lipinski definition) is 2. The lowest BCUT2D eigenvalue weighted by Crippen LogP contribution is -2.18. The van der Waals surface area contributed by atoms with Crippen LogP contribution in [0.1, 0.15) is 48.8 Å². The van der Waals surface area contributed by atoms with E-state index in [4.69, 9.17) is 4.74 Å². The molecule has 0 radical (unpaired) electrons. The van der Waals surface area contributed by atoms with E-state index in [-0.39, 0.29) is 11.8 Å². The normalized spacial score (nSPS) is 10.7. The van der Waals surface area contributed by atoms with Crippen LogP contribution in [-0.2, 0) is 13.2 Å². The van der Waals surface area contributed by atoms with Gasteiger partial charge >= 0.3 is 0 Å². The first-order valence-corrected chi connectivity index (χ1v) is 11.8. The van der Waals surface area contributed by atoms with Gasteiger partial charge in [0.15, 0.2) is 0 Å². The van der Waals surface area contributed by atoms with Gasteiger partial charge in [0.1, 0.15) is 12.4 Å². The van der Waals surface area contributed by atoms with Gasteiger partial charge in [-0.1, -0.05) is 42.5 Å². The fraction of sp³-hybridized carbons (Fsp3) is 0.207. The van der Waals surface area contributed by atoms with Crippen molar-refractivity contribution < 1.29 is 14.3 Å². The predicted molar refractivity (Wildman–Crippen MR) is 141 cm³/mol. The Morgan fingerprint density at radius 3 is 2.33 bits per heavy atom. The average Bonchev–Trinajstić information content (AvgIpc) is 3.15. The number of hydrogen-bond acceptors (Lipinski definition) is 4. The van der Waals surface area contributed by atoms with Crippen LogP contribution in [0.5, 0.6) is 5.75 Å². The second kappa shape index (κ2) is 10.9. The third-order valence-electron chi connectivity index (χ3n) is 6.07. The van der Waals surface area contributed by atoms with Crippen LogP contribution in [0.2, 0.25) is 0 Å². The summed E-state index contributed by atoms with van der Waals surface area (Å²) in [6.45, 7) is 6.72. The summed E-state index contributed by atoms with van der Waals surface area (Å²) in [5.41, 5.74) is 6.42. The first kappa shape index (κ1) is 24.7. The smallest absolute Gasteiger partial charge is 0.255 e. The molecule has 0 spiro atoms. The molecule has 0 aliphatic carbocycles. The van der Waals surface area contributed by atoms with Crippen LogP contribution >= 0.6 is 0 Å². The van der Waals surface area contributed by atoms with E-state index in [2.05, 4.69) is 15.7 Å². The number of rotatable bonds is 8. The highest BCUT2D eigenvalue weighted by Crippen LogP contribution is 2.22. The van der Waals surface area contributed by atoms with E-state index in [1.54, 1.807) is 25.2 Å². The van der Waals surface area contributed by atoms with Gasteiger partial charge in [-0.2, -0.15) is 5.10 Å². The minimum Gasteiger partial charge on any atom is -0.489 e. The van der Waals surface area contributed by atoms with Crippen LogP contribution in [0.15, 0.2) is 72.8 Å². The fourth-order valence-corrected chi connectivity index (χ4v) is 3.98. The van der Waals surface area contributed by atoms with Gasteiger partial charge in [-0.05, 0) is 67.8 Å². The number of aromatic nitrogens is 2. The Morgan fingerprint density at radius 1 is 0.861 bits per heavy atom. The highest BCUT2D eigenvalue weighted by molar-refractivity contribution is 6.04. The zero-order valence-electron chi connectivity index (χ0n) is 21.0. The summed E-state index contributed by atoms with van der Waals surface area (Å²) in [4.78, 5) is 24.9. The number of nitrogens with one attached hydrogen (secondary N) is 2. The lowest BCUT2D eigenvalue weighted by Gasteiger charge is -2.10. The lowest BCUT2D eigenvalue weighted by atomic mass is 10.1. The van der Waals surface area contributed by atoms with Gasteiger partial charge < -0.3 is 15.4 Å². The Balaban J connectivity index is 1.42. The molecule has 4 aromatic rings. The van der Waals surface area contributed by atoms with Gasteiger partial charge in [-0.15, -0.1) is 0 Å². The zero-order valence-corrected chi connectivity index (χ0v) is 21.0. The summed E-state index contributed by atoms with van der Waals surface area (Å²) in [6.07, 6.45) is 0.